The predicted octanol–water partition coefficient (Wildman–Crippen LogP) is 3.79. The van der Waals surface area contributed by atoms with E-state index in [9.17, 15) is 9.59 Å². The summed E-state index contributed by atoms with van der Waals surface area (Å²) >= 11 is 1.76. The summed E-state index contributed by atoms with van der Waals surface area (Å²) in [5.74, 6) is 0.667. The standard InChI is InChI=1S/C22H22N4O2S/c27-21(24-18-14-23-25(16-18)15-17-6-2-1-3-7-17)10-11-22(28)26-12-13-29-20-9-5-4-8-19(20)26/h1-9,14,16H,10-13,15H2,(H,24,27). The Bertz CT molecular complexity index is 1000. The topological polar surface area (TPSA) is 67.2 Å². The van der Waals surface area contributed by atoms with Crippen LogP contribution < -0.4 is 10.2 Å². The molecule has 0 saturated heterocycles. The van der Waals surface area contributed by atoms with Crippen LogP contribution in [0.4, 0.5) is 11.4 Å². The molecule has 0 fully saturated rings. The van der Waals surface area contributed by atoms with Gasteiger partial charge in [0.25, 0.3) is 0 Å². The van der Waals surface area contributed by atoms with E-state index in [4.69, 9.17) is 0 Å². The van der Waals surface area contributed by atoms with Crippen LogP contribution in [-0.4, -0.2) is 33.9 Å². The Balaban J connectivity index is 1.29. The van der Waals surface area contributed by atoms with Crippen LogP contribution in [0.15, 0.2) is 71.9 Å². The molecular formula is C22H22N4O2S. The molecule has 2 heterocycles. The average Bonchev–Trinajstić information content (AvgIpc) is 3.19. The largest absolute Gasteiger partial charge is 0.323 e. The molecular weight excluding hydrogens is 384 g/mol. The Morgan fingerprint density at radius 1 is 1.03 bits per heavy atom. The SMILES string of the molecule is O=C(CCC(=O)N1CCSc2ccccc21)Nc1cnn(Cc2ccccc2)c1. The molecule has 3 aromatic rings. The first-order valence-corrected chi connectivity index (χ1v) is 10.6. The lowest BCUT2D eigenvalue weighted by atomic mass is 10.2. The number of rotatable bonds is 6. The second-order valence-corrected chi connectivity index (χ2v) is 7.96. The first kappa shape index (κ1) is 19.3. The molecule has 1 aromatic heterocycles. The normalized spacial score (nSPS) is 13.0. The molecule has 2 amide bonds. The molecule has 0 radical (unpaired) electrons. The summed E-state index contributed by atoms with van der Waals surface area (Å²) in [6, 6.07) is 17.9. The van der Waals surface area contributed by atoms with E-state index in [-0.39, 0.29) is 24.7 Å². The Labute approximate surface area is 173 Å². The number of carbonyl (C=O) groups is 2. The lowest BCUT2D eigenvalue weighted by molar-refractivity contribution is -0.122. The van der Waals surface area contributed by atoms with E-state index in [0.717, 1.165) is 21.9 Å². The molecule has 1 aliphatic rings. The summed E-state index contributed by atoms with van der Waals surface area (Å²) in [4.78, 5) is 27.8. The Kier molecular flexibility index (Phi) is 5.95. The van der Waals surface area contributed by atoms with E-state index in [0.29, 0.717) is 18.8 Å². The second-order valence-electron chi connectivity index (χ2n) is 6.82. The molecule has 0 saturated carbocycles. The molecule has 4 rings (SSSR count). The number of anilines is 2. The molecule has 7 heteroatoms. The van der Waals surface area contributed by atoms with E-state index < -0.39 is 0 Å². The van der Waals surface area contributed by atoms with Gasteiger partial charge in [-0.2, -0.15) is 5.10 Å². The van der Waals surface area contributed by atoms with Crippen molar-refractivity contribution in [2.45, 2.75) is 24.3 Å². The molecule has 0 bridgehead atoms. The Hall–Kier alpha value is -3.06. The minimum atomic E-state index is -0.183. The van der Waals surface area contributed by atoms with Gasteiger partial charge in [0.15, 0.2) is 0 Å². The van der Waals surface area contributed by atoms with Crippen LogP contribution in [0.5, 0.6) is 0 Å². The van der Waals surface area contributed by atoms with Gasteiger partial charge in [-0.15, -0.1) is 11.8 Å². The summed E-state index contributed by atoms with van der Waals surface area (Å²) in [6.45, 7) is 1.32. The summed E-state index contributed by atoms with van der Waals surface area (Å²) in [6.07, 6.45) is 3.75. The van der Waals surface area contributed by atoms with Crippen LogP contribution in [0.3, 0.4) is 0 Å². The third-order valence-corrected chi connectivity index (χ3v) is 5.74. The third kappa shape index (κ3) is 4.86. The van der Waals surface area contributed by atoms with Crippen molar-refractivity contribution in [2.24, 2.45) is 0 Å². The maximum atomic E-state index is 12.6. The van der Waals surface area contributed by atoms with Crippen molar-refractivity contribution in [2.75, 3.05) is 22.5 Å². The molecule has 0 unspecified atom stereocenters. The number of thioether (sulfide) groups is 1. The van der Waals surface area contributed by atoms with Crippen LogP contribution in [0.2, 0.25) is 0 Å². The van der Waals surface area contributed by atoms with Crippen molar-refractivity contribution < 1.29 is 9.59 Å². The number of benzene rings is 2. The molecule has 0 spiro atoms. The lowest BCUT2D eigenvalue weighted by Crippen LogP contribution is -2.35. The summed E-state index contributed by atoms with van der Waals surface area (Å²) in [5.41, 5.74) is 2.72. The van der Waals surface area contributed by atoms with E-state index in [1.165, 1.54) is 0 Å². The maximum Gasteiger partial charge on any atom is 0.227 e. The van der Waals surface area contributed by atoms with Gasteiger partial charge in [-0.25, -0.2) is 0 Å². The molecule has 1 aliphatic heterocycles. The highest BCUT2D eigenvalue weighted by atomic mass is 32.2. The molecule has 6 nitrogen and oxygen atoms in total. The van der Waals surface area contributed by atoms with Gasteiger partial charge in [-0.1, -0.05) is 42.5 Å². The van der Waals surface area contributed by atoms with Crippen LogP contribution in [0, 0.1) is 0 Å². The number of aromatic nitrogens is 2. The van der Waals surface area contributed by atoms with Gasteiger partial charge in [0.1, 0.15) is 0 Å². The van der Waals surface area contributed by atoms with Gasteiger partial charge in [-0.05, 0) is 17.7 Å². The van der Waals surface area contributed by atoms with E-state index in [2.05, 4.69) is 10.4 Å². The van der Waals surface area contributed by atoms with Crippen molar-refractivity contribution in [3.63, 3.8) is 0 Å². The number of fused-ring (bicyclic) bond motifs is 1. The van der Waals surface area contributed by atoms with E-state index in [1.54, 1.807) is 33.7 Å². The average molecular weight is 407 g/mol. The minimum Gasteiger partial charge on any atom is -0.323 e. The number of amides is 2. The van der Waals surface area contributed by atoms with Crippen molar-refractivity contribution in [3.05, 3.63) is 72.6 Å². The zero-order chi connectivity index (χ0) is 20.1. The quantitative estimate of drug-likeness (QED) is 0.676. The van der Waals surface area contributed by atoms with Crippen LogP contribution in [0.1, 0.15) is 18.4 Å². The molecule has 0 atom stereocenters. The number of hydrogen-bond acceptors (Lipinski definition) is 4. The van der Waals surface area contributed by atoms with E-state index >= 15 is 0 Å². The van der Waals surface area contributed by atoms with Gasteiger partial charge < -0.3 is 10.2 Å². The fourth-order valence-electron chi connectivity index (χ4n) is 3.29. The van der Waals surface area contributed by atoms with Crippen LogP contribution in [0.25, 0.3) is 0 Å². The summed E-state index contributed by atoms with van der Waals surface area (Å²) in [7, 11) is 0. The fourth-order valence-corrected chi connectivity index (χ4v) is 4.29. The van der Waals surface area contributed by atoms with Gasteiger partial charge in [-0.3, -0.25) is 14.3 Å². The second kappa shape index (κ2) is 8.96. The minimum absolute atomic E-state index is 0.0207. The van der Waals surface area contributed by atoms with Gasteiger partial charge >= 0.3 is 0 Å². The van der Waals surface area contributed by atoms with E-state index in [1.807, 2.05) is 54.6 Å². The number of nitrogens with zero attached hydrogens (tertiary/aromatic N) is 3. The number of para-hydroxylation sites is 1. The Morgan fingerprint density at radius 2 is 1.83 bits per heavy atom. The smallest absolute Gasteiger partial charge is 0.227 e. The number of nitrogens with one attached hydrogen (secondary N) is 1. The highest BCUT2D eigenvalue weighted by Gasteiger charge is 2.22. The van der Waals surface area contributed by atoms with Crippen molar-refractivity contribution in [1.82, 2.24) is 9.78 Å². The highest BCUT2D eigenvalue weighted by Crippen LogP contribution is 2.34. The predicted molar refractivity (Wildman–Crippen MR) is 115 cm³/mol. The molecule has 0 aliphatic carbocycles. The molecule has 29 heavy (non-hydrogen) atoms. The van der Waals surface area contributed by atoms with Crippen LogP contribution in [-0.2, 0) is 16.1 Å². The highest BCUT2D eigenvalue weighted by molar-refractivity contribution is 7.99. The first-order chi connectivity index (χ1) is 14.2. The van der Waals surface area contributed by atoms with Gasteiger partial charge in [0.2, 0.25) is 11.8 Å². The lowest BCUT2D eigenvalue weighted by Gasteiger charge is -2.29. The summed E-state index contributed by atoms with van der Waals surface area (Å²) < 4.78 is 1.78. The maximum absolute atomic E-state index is 12.6. The first-order valence-electron chi connectivity index (χ1n) is 9.57. The Morgan fingerprint density at radius 3 is 2.69 bits per heavy atom. The zero-order valence-electron chi connectivity index (χ0n) is 16.0. The van der Waals surface area contributed by atoms with Crippen molar-refractivity contribution in [1.29, 1.82) is 0 Å². The van der Waals surface area contributed by atoms with Crippen LogP contribution >= 0.6 is 11.8 Å². The fraction of sp³-hybridized carbons (Fsp3) is 0.227. The molecule has 2 aromatic carbocycles. The zero-order valence-corrected chi connectivity index (χ0v) is 16.8. The molecule has 148 valence electrons. The number of hydrogen-bond donors (Lipinski definition) is 1. The van der Waals surface area contributed by atoms with Gasteiger partial charge in [0.05, 0.1) is 24.1 Å². The van der Waals surface area contributed by atoms with Crippen molar-refractivity contribution in [3.8, 4) is 0 Å². The van der Waals surface area contributed by atoms with Crippen molar-refractivity contribution >= 4 is 35.0 Å². The third-order valence-electron chi connectivity index (χ3n) is 4.70. The monoisotopic (exact) mass is 406 g/mol. The van der Waals surface area contributed by atoms with Gasteiger partial charge in [0, 0.05) is 36.2 Å². The number of carbonyl (C=O) groups excluding carboxylic acids is 2. The molecule has 1 N–H and O–H groups in total. The summed E-state index contributed by atoms with van der Waals surface area (Å²) in [5, 5.41) is 7.11.